The van der Waals surface area contributed by atoms with Crippen molar-refractivity contribution in [1.29, 1.82) is 0 Å². The zero-order valence-electron chi connectivity index (χ0n) is 8.72. The minimum Gasteiger partial charge on any atom is -0.385 e. The summed E-state index contributed by atoms with van der Waals surface area (Å²) in [5, 5.41) is 0. The van der Waals surface area contributed by atoms with Gasteiger partial charge in [0.15, 0.2) is 5.78 Å². The molecule has 0 bridgehead atoms. The van der Waals surface area contributed by atoms with E-state index in [9.17, 15) is 4.79 Å². The Hall–Kier alpha value is -1.33. The SMILES string of the molecule is COCCC(N)CC(=O)c1cnccn1. The van der Waals surface area contributed by atoms with Crippen LogP contribution in [0.15, 0.2) is 18.6 Å². The maximum Gasteiger partial charge on any atom is 0.184 e. The summed E-state index contributed by atoms with van der Waals surface area (Å²) in [7, 11) is 1.61. The average molecular weight is 209 g/mol. The summed E-state index contributed by atoms with van der Waals surface area (Å²) in [6.07, 6.45) is 5.42. The molecule has 0 saturated carbocycles. The molecule has 0 radical (unpaired) electrons. The highest BCUT2D eigenvalue weighted by atomic mass is 16.5. The third-order valence-corrected chi connectivity index (χ3v) is 1.99. The van der Waals surface area contributed by atoms with Gasteiger partial charge in [0, 0.05) is 38.6 Å². The zero-order chi connectivity index (χ0) is 11.1. The molecule has 0 aromatic carbocycles. The maximum absolute atomic E-state index is 11.6. The number of carbonyl (C=O) groups excluding carboxylic acids is 1. The number of hydrogen-bond acceptors (Lipinski definition) is 5. The monoisotopic (exact) mass is 209 g/mol. The number of methoxy groups -OCH3 is 1. The molecule has 0 fully saturated rings. The lowest BCUT2D eigenvalue weighted by molar-refractivity contribution is 0.0961. The lowest BCUT2D eigenvalue weighted by atomic mass is 10.1. The lowest BCUT2D eigenvalue weighted by Gasteiger charge is -2.08. The molecule has 5 nitrogen and oxygen atoms in total. The summed E-state index contributed by atoms with van der Waals surface area (Å²) >= 11 is 0. The van der Waals surface area contributed by atoms with Gasteiger partial charge in [0.2, 0.25) is 0 Å². The van der Waals surface area contributed by atoms with Gasteiger partial charge >= 0.3 is 0 Å². The Bertz CT molecular complexity index is 303. The van der Waals surface area contributed by atoms with E-state index in [1.165, 1.54) is 18.6 Å². The third kappa shape index (κ3) is 4.14. The lowest BCUT2D eigenvalue weighted by Crippen LogP contribution is -2.25. The van der Waals surface area contributed by atoms with E-state index in [4.69, 9.17) is 10.5 Å². The number of ketones is 1. The fourth-order valence-corrected chi connectivity index (χ4v) is 1.16. The fourth-order valence-electron chi connectivity index (χ4n) is 1.16. The van der Waals surface area contributed by atoms with Crippen LogP contribution in [0.1, 0.15) is 23.3 Å². The highest BCUT2D eigenvalue weighted by Gasteiger charge is 2.12. The van der Waals surface area contributed by atoms with Gasteiger partial charge in [-0.1, -0.05) is 0 Å². The Kier molecular flexibility index (Phi) is 4.86. The zero-order valence-corrected chi connectivity index (χ0v) is 8.72. The largest absolute Gasteiger partial charge is 0.385 e. The molecule has 0 saturated heterocycles. The molecule has 1 unspecified atom stereocenters. The van der Waals surface area contributed by atoms with E-state index in [0.29, 0.717) is 18.7 Å². The molecule has 5 heteroatoms. The molecule has 1 atom stereocenters. The number of Topliss-reactive ketones (excluding diaryl/α,β-unsaturated/α-hetero) is 1. The van der Waals surface area contributed by atoms with Gasteiger partial charge in [0.05, 0.1) is 6.20 Å². The van der Waals surface area contributed by atoms with E-state index < -0.39 is 0 Å². The van der Waals surface area contributed by atoms with E-state index >= 15 is 0 Å². The Morgan fingerprint density at radius 3 is 3.00 bits per heavy atom. The van der Waals surface area contributed by atoms with Gasteiger partial charge in [0.25, 0.3) is 0 Å². The van der Waals surface area contributed by atoms with Crippen LogP contribution < -0.4 is 5.73 Å². The van der Waals surface area contributed by atoms with Crippen molar-refractivity contribution in [3.63, 3.8) is 0 Å². The molecular weight excluding hydrogens is 194 g/mol. The molecule has 0 amide bonds. The van der Waals surface area contributed by atoms with Gasteiger partial charge in [-0.25, -0.2) is 4.98 Å². The van der Waals surface area contributed by atoms with E-state index in [1.54, 1.807) is 7.11 Å². The minimum atomic E-state index is -0.181. The van der Waals surface area contributed by atoms with E-state index in [0.717, 1.165) is 0 Å². The van der Waals surface area contributed by atoms with Crippen LogP contribution in [0.3, 0.4) is 0 Å². The van der Waals surface area contributed by atoms with Crippen molar-refractivity contribution < 1.29 is 9.53 Å². The first kappa shape index (κ1) is 11.7. The second kappa shape index (κ2) is 6.21. The van der Waals surface area contributed by atoms with Crippen molar-refractivity contribution in [2.24, 2.45) is 5.73 Å². The number of nitrogens with zero attached hydrogens (tertiary/aromatic N) is 2. The van der Waals surface area contributed by atoms with Crippen molar-refractivity contribution in [2.75, 3.05) is 13.7 Å². The van der Waals surface area contributed by atoms with E-state index in [2.05, 4.69) is 9.97 Å². The quantitative estimate of drug-likeness (QED) is 0.687. The Balaban J connectivity index is 2.42. The highest BCUT2D eigenvalue weighted by molar-refractivity contribution is 5.94. The van der Waals surface area contributed by atoms with Crippen molar-refractivity contribution in [2.45, 2.75) is 18.9 Å². The van der Waals surface area contributed by atoms with Crippen LogP contribution in [-0.2, 0) is 4.74 Å². The van der Waals surface area contributed by atoms with Crippen LogP contribution in [0.25, 0.3) is 0 Å². The Morgan fingerprint density at radius 2 is 2.40 bits per heavy atom. The molecule has 1 rings (SSSR count). The van der Waals surface area contributed by atoms with Gasteiger partial charge in [-0.15, -0.1) is 0 Å². The summed E-state index contributed by atoms with van der Waals surface area (Å²) in [5.74, 6) is -0.0771. The van der Waals surface area contributed by atoms with Crippen LogP contribution in [0.5, 0.6) is 0 Å². The second-order valence-corrected chi connectivity index (χ2v) is 3.26. The van der Waals surface area contributed by atoms with Crippen LogP contribution in [0, 0.1) is 0 Å². The number of ether oxygens (including phenoxy) is 1. The first-order valence-electron chi connectivity index (χ1n) is 4.77. The summed E-state index contributed by atoms with van der Waals surface area (Å²) in [5.41, 5.74) is 6.12. The predicted molar refractivity (Wildman–Crippen MR) is 55.4 cm³/mol. The Labute approximate surface area is 88.7 Å². The van der Waals surface area contributed by atoms with Crippen LogP contribution in [0.2, 0.25) is 0 Å². The number of nitrogens with two attached hydrogens (primary N) is 1. The van der Waals surface area contributed by atoms with Crippen LogP contribution >= 0.6 is 0 Å². The maximum atomic E-state index is 11.6. The molecule has 1 aromatic heterocycles. The smallest absolute Gasteiger partial charge is 0.184 e. The third-order valence-electron chi connectivity index (χ3n) is 1.99. The molecule has 0 aliphatic heterocycles. The van der Waals surface area contributed by atoms with Crippen LogP contribution in [0.4, 0.5) is 0 Å². The Morgan fingerprint density at radius 1 is 1.60 bits per heavy atom. The van der Waals surface area contributed by atoms with Crippen molar-refractivity contribution in [3.8, 4) is 0 Å². The van der Waals surface area contributed by atoms with Gasteiger partial charge in [-0.2, -0.15) is 0 Å². The van der Waals surface area contributed by atoms with Gasteiger partial charge < -0.3 is 10.5 Å². The average Bonchev–Trinajstić information content (AvgIpc) is 2.27. The number of carbonyl (C=O) groups is 1. The van der Waals surface area contributed by atoms with Crippen molar-refractivity contribution >= 4 is 5.78 Å². The first-order valence-corrected chi connectivity index (χ1v) is 4.77. The van der Waals surface area contributed by atoms with Gasteiger partial charge in [-0.05, 0) is 6.42 Å². The topological polar surface area (TPSA) is 78.1 Å². The number of aromatic nitrogens is 2. The second-order valence-electron chi connectivity index (χ2n) is 3.26. The molecule has 1 aromatic rings. The minimum absolute atomic E-state index is 0.0771. The van der Waals surface area contributed by atoms with Crippen molar-refractivity contribution in [3.05, 3.63) is 24.3 Å². The molecule has 82 valence electrons. The van der Waals surface area contributed by atoms with Crippen molar-refractivity contribution in [1.82, 2.24) is 9.97 Å². The van der Waals surface area contributed by atoms with E-state index in [1.807, 2.05) is 0 Å². The molecule has 2 N–H and O–H groups in total. The molecule has 1 heterocycles. The standard InChI is InChI=1S/C10H15N3O2/c1-15-5-2-8(11)6-10(14)9-7-12-3-4-13-9/h3-4,7-8H,2,5-6,11H2,1H3. The van der Waals surface area contributed by atoms with Crippen LogP contribution in [-0.4, -0.2) is 35.5 Å². The van der Waals surface area contributed by atoms with E-state index in [-0.39, 0.29) is 18.2 Å². The summed E-state index contributed by atoms with van der Waals surface area (Å²) < 4.78 is 4.88. The molecular formula is C10H15N3O2. The normalized spacial score (nSPS) is 12.4. The first-order chi connectivity index (χ1) is 7.24. The fraction of sp³-hybridized carbons (Fsp3) is 0.500. The molecule has 0 spiro atoms. The summed E-state index contributed by atoms with van der Waals surface area (Å²) in [6, 6.07) is -0.181. The van der Waals surface area contributed by atoms with Gasteiger partial charge in [-0.3, -0.25) is 9.78 Å². The summed E-state index contributed by atoms with van der Waals surface area (Å²) in [4.78, 5) is 19.3. The molecule has 0 aliphatic carbocycles. The number of hydrogen-bond donors (Lipinski definition) is 1. The highest BCUT2D eigenvalue weighted by Crippen LogP contribution is 2.02. The molecule has 0 aliphatic rings. The predicted octanol–water partition coefficient (Wildman–Crippen LogP) is 0.413. The van der Waals surface area contributed by atoms with Gasteiger partial charge in [0.1, 0.15) is 5.69 Å². The summed E-state index contributed by atoms with van der Waals surface area (Å²) in [6.45, 7) is 0.564. The molecule has 15 heavy (non-hydrogen) atoms. The number of rotatable bonds is 6.